The molecule has 0 saturated carbocycles. The third-order valence-corrected chi connectivity index (χ3v) is 5.68. The molecule has 2 atom stereocenters. The highest BCUT2D eigenvalue weighted by atomic mass is 16.5. The van der Waals surface area contributed by atoms with Crippen LogP contribution < -0.4 is 19.5 Å². The molecule has 0 radical (unpaired) electrons. The quantitative estimate of drug-likeness (QED) is 0.520. The monoisotopic (exact) mass is 456 g/mol. The average molecular weight is 457 g/mol. The van der Waals surface area contributed by atoms with Crippen LogP contribution in [0, 0.1) is 6.92 Å². The van der Waals surface area contributed by atoms with Crippen LogP contribution in [0.5, 0.6) is 17.2 Å². The fourth-order valence-corrected chi connectivity index (χ4v) is 3.42. The number of carbonyl (C=O) groups excluding carboxylic acids is 2. The van der Waals surface area contributed by atoms with Crippen molar-refractivity contribution in [2.75, 3.05) is 20.8 Å². The first-order chi connectivity index (χ1) is 15.8. The molecule has 7 heteroatoms. The zero-order valence-corrected chi connectivity index (χ0v) is 20.5. The molecule has 0 heterocycles. The fourth-order valence-electron chi connectivity index (χ4n) is 3.42. The van der Waals surface area contributed by atoms with Crippen LogP contribution in [-0.2, 0) is 16.1 Å². The summed E-state index contributed by atoms with van der Waals surface area (Å²) in [4.78, 5) is 28.0. The minimum absolute atomic E-state index is 0.0301. The molecule has 0 spiro atoms. The lowest BCUT2D eigenvalue weighted by atomic mass is 10.1. The van der Waals surface area contributed by atoms with Crippen LogP contribution >= 0.6 is 0 Å². The smallest absolute Gasteiger partial charge is 0.261 e. The van der Waals surface area contributed by atoms with Crippen LogP contribution in [0.4, 0.5) is 0 Å². The summed E-state index contributed by atoms with van der Waals surface area (Å²) in [5, 5.41) is 3.01. The summed E-state index contributed by atoms with van der Waals surface area (Å²) >= 11 is 0. The molecule has 0 bridgehead atoms. The van der Waals surface area contributed by atoms with Crippen molar-refractivity contribution in [3.63, 3.8) is 0 Å². The Morgan fingerprint density at radius 3 is 2.12 bits per heavy atom. The predicted molar refractivity (Wildman–Crippen MR) is 129 cm³/mol. The topological polar surface area (TPSA) is 77.1 Å². The summed E-state index contributed by atoms with van der Waals surface area (Å²) in [7, 11) is 3.10. The number of aryl methyl sites for hydroxylation is 1. The Morgan fingerprint density at radius 2 is 1.58 bits per heavy atom. The van der Waals surface area contributed by atoms with Gasteiger partial charge in [-0.2, -0.15) is 0 Å². The highest BCUT2D eigenvalue weighted by Gasteiger charge is 2.29. The molecule has 0 aromatic heterocycles. The van der Waals surface area contributed by atoms with E-state index in [0.29, 0.717) is 30.2 Å². The van der Waals surface area contributed by atoms with Crippen LogP contribution in [0.2, 0.25) is 0 Å². The molecule has 2 aromatic carbocycles. The zero-order valence-electron chi connectivity index (χ0n) is 20.5. The number of nitrogens with one attached hydrogen (secondary N) is 1. The number of hydrogen-bond acceptors (Lipinski definition) is 5. The van der Waals surface area contributed by atoms with Crippen molar-refractivity contribution in [3.8, 4) is 17.2 Å². The summed E-state index contributed by atoms with van der Waals surface area (Å²) in [5.74, 6) is 1.15. The first-order valence-corrected chi connectivity index (χ1v) is 11.3. The Kier molecular flexibility index (Phi) is 10.0. The largest absolute Gasteiger partial charge is 0.496 e. The van der Waals surface area contributed by atoms with Crippen molar-refractivity contribution in [1.82, 2.24) is 10.2 Å². The maximum absolute atomic E-state index is 13.4. The van der Waals surface area contributed by atoms with Gasteiger partial charge in [-0.25, -0.2) is 0 Å². The molecule has 0 aliphatic carbocycles. The molecule has 1 N–H and O–H groups in total. The molecule has 2 amide bonds. The molecule has 0 unspecified atom stereocenters. The minimum atomic E-state index is -0.602. The van der Waals surface area contributed by atoms with Crippen molar-refractivity contribution in [3.05, 3.63) is 53.6 Å². The first-order valence-electron chi connectivity index (χ1n) is 11.3. The Balaban J connectivity index is 2.27. The average Bonchev–Trinajstić information content (AvgIpc) is 2.83. The van der Waals surface area contributed by atoms with Crippen molar-refractivity contribution in [1.29, 1.82) is 0 Å². The number of ether oxygens (including phenoxy) is 3. The van der Waals surface area contributed by atoms with Gasteiger partial charge in [0.1, 0.15) is 23.3 Å². The SMILES string of the molecule is CC[C@H](C)NC(=O)[C@H](CC)N(Cc1ccccc1C)C(=O)COc1cc(OC)cc(OC)c1. The summed E-state index contributed by atoms with van der Waals surface area (Å²) in [5.41, 5.74) is 2.05. The lowest BCUT2D eigenvalue weighted by molar-refractivity contribution is -0.143. The van der Waals surface area contributed by atoms with Gasteiger partial charge in [-0.15, -0.1) is 0 Å². The van der Waals surface area contributed by atoms with E-state index in [1.165, 1.54) is 0 Å². The van der Waals surface area contributed by atoms with Gasteiger partial charge in [-0.3, -0.25) is 9.59 Å². The third kappa shape index (κ3) is 7.41. The van der Waals surface area contributed by atoms with Gasteiger partial charge in [0.2, 0.25) is 5.91 Å². The normalized spacial score (nSPS) is 12.4. The number of methoxy groups -OCH3 is 2. The van der Waals surface area contributed by atoms with E-state index in [1.54, 1.807) is 37.3 Å². The highest BCUT2D eigenvalue weighted by Crippen LogP contribution is 2.27. The molecule has 2 aromatic rings. The number of hydrogen-bond donors (Lipinski definition) is 1. The summed E-state index contributed by atoms with van der Waals surface area (Å²) in [6.07, 6.45) is 1.31. The number of benzene rings is 2. The standard InChI is InChI=1S/C26H36N2O5/c1-7-19(4)27-26(30)24(8-2)28(16-20-12-10-9-11-18(20)3)25(29)17-33-23-14-21(31-5)13-22(15-23)32-6/h9-15,19,24H,7-8,16-17H2,1-6H3,(H,27,30)/t19-,24-/m0/s1. The van der Waals surface area contributed by atoms with E-state index in [4.69, 9.17) is 14.2 Å². The highest BCUT2D eigenvalue weighted by molar-refractivity contribution is 5.88. The molecule has 0 aliphatic heterocycles. The maximum Gasteiger partial charge on any atom is 0.261 e. The summed E-state index contributed by atoms with van der Waals surface area (Å²) in [6, 6.07) is 12.4. The Morgan fingerprint density at radius 1 is 0.970 bits per heavy atom. The molecule has 180 valence electrons. The van der Waals surface area contributed by atoms with Crippen LogP contribution in [0.1, 0.15) is 44.7 Å². The molecular weight excluding hydrogens is 420 g/mol. The first kappa shape index (κ1) is 26.0. The van der Waals surface area contributed by atoms with Gasteiger partial charge in [0.05, 0.1) is 14.2 Å². The molecule has 0 fully saturated rings. The van der Waals surface area contributed by atoms with E-state index in [1.807, 2.05) is 52.0 Å². The molecule has 0 aliphatic rings. The maximum atomic E-state index is 13.4. The molecule has 7 nitrogen and oxygen atoms in total. The predicted octanol–water partition coefficient (Wildman–Crippen LogP) is 4.11. The van der Waals surface area contributed by atoms with Gasteiger partial charge in [0.15, 0.2) is 6.61 Å². The summed E-state index contributed by atoms with van der Waals surface area (Å²) in [6.45, 7) is 7.98. The van der Waals surface area contributed by atoms with Crippen molar-refractivity contribution in [2.24, 2.45) is 0 Å². The second-order valence-corrected chi connectivity index (χ2v) is 8.03. The second-order valence-electron chi connectivity index (χ2n) is 8.03. The lowest BCUT2D eigenvalue weighted by Crippen LogP contribution is -2.51. The van der Waals surface area contributed by atoms with E-state index in [-0.39, 0.29) is 24.5 Å². The number of nitrogens with zero attached hydrogens (tertiary/aromatic N) is 1. The number of rotatable bonds is 12. The fraction of sp³-hybridized carbons (Fsp3) is 0.462. The minimum Gasteiger partial charge on any atom is -0.496 e. The van der Waals surface area contributed by atoms with Gasteiger partial charge >= 0.3 is 0 Å². The number of amides is 2. The van der Waals surface area contributed by atoms with Crippen LogP contribution in [-0.4, -0.2) is 49.6 Å². The molecule has 33 heavy (non-hydrogen) atoms. The molecular formula is C26H36N2O5. The molecule has 2 rings (SSSR count). The van der Waals surface area contributed by atoms with Gasteiger partial charge in [0.25, 0.3) is 5.91 Å². The van der Waals surface area contributed by atoms with Crippen molar-refractivity contribution < 1.29 is 23.8 Å². The second kappa shape index (κ2) is 12.7. The van der Waals surface area contributed by atoms with Gasteiger partial charge in [-0.05, 0) is 37.8 Å². The zero-order chi connectivity index (χ0) is 24.4. The van der Waals surface area contributed by atoms with Crippen molar-refractivity contribution in [2.45, 2.75) is 59.2 Å². The lowest BCUT2D eigenvalue weighted by Gasteiger charge is -2.31. The van der Waals surface area contributed by atoms with Gasteiger partial charge < -0.3 is 24.4 Å². The Labute approximate surface area is 197 Å². The van der Waals surface area contributed by atoms with E-state index in [2.05, 4.69) is 5.32 Å². The van der Waals surface area contributed by atoms with Crippen LogP contribution in [0.25, 0.3) is 0 Å². The van der Waals surface area contributed by atoms with Gasteiger partial charge in [0, 0.05) is 30.8 Å². The van der Waals surface area contributed by atoms with E-state index in [0.717, 1.165) is 17.5 Å². The van der Waals surface area contributed by atoms with E-state index in [9.17, 15) is 9.59 Å². The molecule has 0 saturated heterocycles. The van der Waals surface area contributed by atoms with E-state index < -0.39 is 6.04 Å². The number of carbonyl (C=O) groups is 2. The van der Waals surface area contributed by atoms with Crippen LogP contribution in [0.15, 0.2) is 42.5 Å². The van der Waals surface area contributed by atoms with Crippen molar-refractivity contribution >= 4 is 11.8 Å². The van der Waals surface area contributed by atoms with E-state index >= 15 is 0 Å². The van der Waals surface area contributed by atoms with Crippen LogP contribution in [0.3, 0.4) is 0 Å². The Hall–Kier alpha value is -3.22. The van der Waals surface area contributed by atoms with Gasteiger partial charge in [-0.1, -0.05) is 38.1 Å². The third-order valence-electron chi connectivity index (χ3n) is 5.68. The Bertz CT molecular complexity index is 908. The summed E-state index contributed by atoms with van der Waals surface area (Å²) < 4.78 is 16.3.